The fourth-order valence-corrected chi connectivity index (χ4v) is 2.46. The number of benzene rings is 1. The molecule has 0 aliphatic rings. The molecule has 0 amide bonds. The molecule has 2 N–H and O–H groups in total. The van der Waals surface area contributed by atoms with E-state index < -0.39 is 0 Å². The van der Waals surface area contributed by atoms with E-state index in [0.29, 0.717) is 5.88 Å². The highest BCUT2D eigenvalue weighted by atomic mass is 16.5. The number of nitrogens with zero attached hydrogens (tertiary/aromatic N) is 2. The second-order valence-corrected chi connectivity index (χ2v) is 4.44. The highest BCUT2D eigenvalue weighted by Gasteiger charge is 2.13. The van der Waals surface area contributed by atoms with Crippen LogP contribution in [0, 0.1) is 0 Å². The van der Waals surface area contributed by atoms with Gasteiger partial charge in [0.25, 0.3) is 0 Å². The summed E-state index contributed by atoms with van der Waals surface area (Å²) in [6.07, 6.45) is 3.08. The third-order valence-electron chi connectivity index (χ3n) is 3.27. The van der Waals surface area contributed by atoms with Gasteiger partial charge in [-0.1, -0.05) is 30.3 Å². The molecule has 18 heavy (non-hydrogen) atoms. The molecule has 0 atom stereocenters. The molecule has 2 aromatic heterocycles. The molecule has 3 rings (SSSR count). The Morgan fingerprint density at radius 3 is 2.89 bits per heavy atom. The summed E-state index contributed by atoms with van der Waals surface area (Å²) >= 11 is 0. The third-order valence-corrected chi connectivity index (χ3v) is 3.27. The predicted molar refractivity (Wildman–Crippen MR) is 72.2 cm³/mol. The number of rotatable bonds is 2. The predicted octanol–water partition coefficient (Wildman–Crippen LogP) is 2.98. The lowest BCUT2D eigenvalue weighted by Crippen LogP contribution is -1.89. The first-order chi connectivity index (χ1) is 8.70. The van der Waals surface area contributed by atoms with Gasteiger partial charge in [0, 0.05) is 30.3 Å². The van der Waals surface area contributed by atoms with E-state index in [1.54, 1.807) is 6.07 Å². The minimum atomic E-state index is 0.341. The molecule has 3 aromatic rings. The number of aryl methyl sites for hydroxylation is 2. The van der Waals surface area contributed by atoms with Crippen molar-refractivity contribution in [1.29, 1.82) is 0 Å². The van der Waals surface area contributed by atoms with Crippen molar-refractivity contribution in [3.63, 3.8) is 0 Å². The molecule has 4 heteroatoms. The van der Waals surface area contributed by atoms with E-state index in [1.807, 2.05) is 0 Å². The van der Waals surface area contributed by atoms with Gasteiger partial charge in [-0.05, 0) is 12.0 Å². The summed E-state index contributed by atoms with van der Waals surface area (Å²) in [6.45, 7) is 2.16. The lowest BCUT2D eigenvalue weighted by molar-refractivity contribution is 0.439. The quantitative estimate of drug-likeness (QED) is 0.750. The van der Waals surface area contributed by atoms with Gasteiger partial charge in [0.2, 0.25) is 5.88 Å². The molecule has 0 unspecified atom stereocenters. The van der Waals surface area contributed by atoms with Crippen LogP contribution in [0.2, 0.25) is 0 Å². The number of hydrogen-bond donors (Lipinski definition) is 1. The van der Waals surface area contributed by atoms with Crippen molar-refractivity contribution in [3.8, 4) is 11.3 Å². The number of para-hydroxylation sites is 1. The van der Waals surface area contributed by atoms with Gasteiger partial charge in [0.05, 0.1) is 5.52 Å². The normalized spacial score (nSPS) is 11.2. The molecule has 0 aliphatic carbocycles. The van der Waals surface area contributed by atoms with Crippen molar-refractivity contribution < 1.29 is 4.52 Å². The van der Waals surface area contributed by atoms with Crippen LogP contribution < -0.4 is 5.73 Å². The molecular formula is C14H15N3O. The molecule has 0 spiro atoms. The van der Waals surface area contributed by atoms with Gasteiger partial charge in [0.1, 0.15) is 5.69 Å². The molecule has 0 radical (unpaired) electrons. The zero-order chi connectivity index (χ0) is 12.7. The maximum absolute atomic E-state index is 5.59. The van der Waals surface area contributed by atoms with Gasteiger partial charge in [-0.3, -0.25) is 0 Å². The highest BCUT2D eigenvalue weighted by molar-refractivity contribution is 5.97. The minimum absolute atomic E-state index is 0.341. The van der Waals surface area contributed by atoms with Crippen LogP contribution in [0.5, 0.6) is 0 Å². The van der Waals surface area contributed by atoms with E-state index in [1.165, 1.54) is 16.5 Å². The first-order valence-corrected chi connectivity index (χ1v) is 6.00. The SMILES string of the molecule is CCc1cccc2c(-c3cc(N)on3)cn(C)c12. The molecule has 0 fully saturated rings. The Morgan fingerprint density at radius 2 is 2.22 bits per heavy atom. The molecule has 1 aromatic carbocycles. The van der Waals surface area contributed by atoms with Crippen LogP contribution in [0.15, 0.2) is 35.0 Å². The van der Waals surface area contributed by atoms with E-state index in [-0.39, 0.29) is 0 Å². The summed E-state index contributed by atoms with van der Waals surface area (Å²) in [6, 6.07) is 8.10. The van der Waals surface area contributed by atoms with Crippen molar-refractivity contribution in [2.75, 3.05) is 5.73 Å². The molecule has 2 heterocycles. The zero-order valence-corrected chi connectivity index (χ0v) is 10.5. The lowest BCUT2D eigenvalue weighted by atomic mass is 10.1. The van der Waals surface area contributed by atoms with E-state index in [2.05, 4.69) is 48.1 Å². The van der Waals surface area contributed by atoms with Crippen molar-refractivity contribution in [1.82, 2.24) is 9.72 Å². The van der Waals surface area contributed by atoms with E-state index >= 15 is 0 Å². The average molecular weight is 241 g/mol. The van der Waals surface area contributed by atoms with Gasteiger partial charge in [-0.25, -0.2) is 0 Å². The Labute approximate surface area is 105 Å². The smallest absolute Gasteiger partial charge is 0.222 e. The molecule has 0 saturated heterocycles. The fourth-order valence-electron chi connectivity index (χ4n) is 2.46. The van der Waals surface area contributed by atoms with E-state index in [9.17, 15) is 0 Å². The Bertz CT molecular complexity index is 709. The van der Waals surface area contributed by atoms with E-state index in [4.69, 9.17) is 10.3 Å². The first kappa shape index (κ1) is 10.9. The summed E-state index contributed by atoms with van der Waals surface area (Å²) in [4.78, 5) is 0. The minimum Gasteiger partial charge on any atom is -0.368 e. The van der Waals surface area contributed by atoms with Crippen LogP contribution in [0.4, 0.5) is 5.88 Å². The van der Waals surface area contributed by atoms with Crippen LogP contribution >= 0.6 is 0 Å². The molecular weight excluding hydrogens is 226 g/mol. The molecule has 92 valence electrons. The maximum atomic E-state index is 5.59. The Kier molecular flexibility index (Phi) is 2.37. The van der Waals surface area contributed by atoms with Gasteiger partial charge >= 0.3 is 0 Å². The molecule has 0 saturated carbocycles. The van der Waals surface area contributed by atoms with Gasteiger partial charge in [-0.2, -0.15) is 0 Å². The third kappa shape index (κ3) is 1.49. The van der Waals surface area contributed by atoms with Gasteiger partial charge in [0.15, 0.2) is 0 Å². The van der Waals surface area contributed by atoms with Crippen LogP contribution in [0.1, 0.15) is 12.5 Å². The van der Waals surface area contributed by atoms with Crippen molar-refractivity contribution >= 4 is 16.8 Å². The summed E-state index contributed by atoms with van der Waals surface area (Å²) in [7, 11) is 2.05. The van der Waals surface area contributed by atoms with E-state index in [0.717, 1.165) is 17.7 Å². The van der Waals surface area contributed by atoms with Crippen LogP contribution in [0.25, 0.3) is 22.2 Å². The molecule has 0 bridgehead atoms. The largest absolute Gasteiger partial charge is 0.368 e. The van der Waals surface area contributed by atoms with Gasteiger partial charge in [-0.15, -0.1) is 0 Å². The summed E-state index contributed by atoms with van der Waals surface area (Å²) in [5.74, 6) is 0.341. The zero-order valence-electron chi connectivity index (χ0n) is 10.5. The van der Waals surface area contributed by atoms with Crippen molar-refractivity contribution in [2.24, 2.45) is 7.05 Å². The summed E-state index contributed by atoms with van der Waals surface area (Å²) in [5, 5.41) is 5.18. The highest BCUT2D eigenvalue weighted by Crippen LogP contribution is 2.32. The number of anilines is 1. The summed E-state index contributed by atoms with van der Waals surface area (Å²) in [5.41, 5.74) is 10.0. The van der Waals surface area contributed by atoms with Crippen LogP contribution in [-0.2, 0) is 13.5 Å². The topological polar surface area (TPSA) is 57.0 Å². The number of hydrogen-bond acceptors (Lipinski definition) is 3. The lowest BCUT2D eigenvalue weighted by Gasteiger charge is -2.02. The maximum Gasteiger partial charge on any atom is 0.222 e. The van der Waals surface area contributed by atoms with Gasteiger partial charge < -0.3 is 14.8 Å². The second-order valence-electron chi connectivity index (χ2n) is 4.44. The first-order valence-electron chi connectivity index (χ1n) is 6.00. The van der Waals surface area contributed by atoms with Crippen molar-refractivity contribution in [2.45, 2.75) is 13.3 Å². The Morgan fingerprint density at radius 1 is 1.39 bits per heavy atom. The number of fused-ring (bicyclic) bond motifs is 1. The molecule has 4 nitrogen and oxygen atoms in total. The number of aromatic nitrogens is 2. The fraction of sp³-hybridized carbons (Fsp3) is 0.214. The Balaban J connectivity index is 2.32. The number of nitrogens with two attached hydrogens (primary N) is 1. The Hall–Kier alpha value is -2.23. The average Bonchev–Trinajstić information content (AvgIpc) is 2.94. The standard InChI is InChI=1S/C14H15N3O/c1-3-9-5-4-6-10-11(8-17(2)14(9)10)12-7-13(15)18-16-12/h4-8H,3,15H2,1-2H3. The van der Waals surface area contributed by atoms with Crippen LogP contribution in [0.3, 0.4) is 0 Å². The number of nitrogen functional groups attached to an aromatic ring is 1. The molecule has 0 aliphatic heterocycles. The van der Waals surface area contributed by atoms with Crippen LogP contribution in [-0.4, -0.2) is 9.72 Å². The monoisotopic (exact) mass is 241 g/mol. The second kappa shape index (κ2) is 3.91. The van der Waals surface area contributed by atoms with Crippen molar-refractivity contribution in [3.05, 3.63) is 36.0 Å². The summed E-state index contributed by atoms with van der Waals surface area (Å²) < 4.78 is 7.09.